The summed E-state index contributed by atoms with van der Waals surface area (Å²) in [7, 11) is 0. The smallest absolute Gasteiger partial charge is 0.220 e. The lowest BCUT2D eigenvalue weighted by molar-refractivity contribution is 0.630. The van der Waals surface area contributed by atoms with Crippen molar-refractivity contribution in [1.82, 2.24) is 15.0 Å². The van der Waals surface area contributed by atoms with E-state index in [0.29, 0.717) is 16.3 Å². The molecule has 0 saturated carbocycles. The lowest BCUT2D eigenvalue weighted by Crippen LogP contribution is -1.97. The zero-order valence-electron chi connectivity index (χ0n) is 9.11. The molecule has 0 aliphatic heterocycles. The van der Waals surface area contributed by atoms with Gasteiger partial charge in [-0.2, -0.15) is 0 Å². The fourth-order valence-electron chi connectivity index (χ4n) is 1.89. The average Bonchev–Trinajstić information content (AvgIpc) is 2.79. The Morgan fingerprint density at radius 1 is 1.33 bits per heavy atom. The number of aromatic nitrogens is 3. The highest BCUT2D eigenvalue weighted by atomic mass is 35.5. The van der Waals surface area contributed by atoms with Crippen LogP contribution >= 0.6 is 11.6 Å². The van der Waals surface area contributed by atoms with Crippen molar-refractivity contribution in [1.29, 1.82) is 0 Å². The number of anilines is 1. The number of nitrogens with one attached hydrogen (secondary N) is 1. The van der Waals surface area contributed by atoms with Crippen LogP contribution in [0.5, 0.6) is 0 Å². The van der Waals surface area contributed by atoms with E-state index in [-0.39, 0.29) is 11.8 Å². The number of aromatic amines is 1. The molecule has 0 aliphatic rings. The molecule has 3 rings (SSSR count). The van der Waals surface area contributed by atoms with Crippen molar-refractivity contribution in [3.63, 3.8) is 0 Å². The third-order valence-electron chi connectivity index (χ3n) is 2.64. The van der Waals surface area contributed by atoms with E-state index in [1.807, 2.05) is 0 Å². The molecule has 18 heavy (non-hydrogen) atoms. The van der Waals surface area contributed by atoms with Crippen LogP contribution in [0, 0.1) is 5.82 Å². The molecule has 0 aliphatic carbocycles. The van der Waals surface area contributed by atoms with Gasteiger partial charge in [0.15, 0.2) is 0 Å². The second-order valence-electron chi connectivity index (χ2n) is 3.82. The van der Waals surface area contributed by atoms with Crippen LogP contribution < -0.4 is 5.73 Å². The highest BCUT2D eigenvalue weighted by Crippen LogP contribution is 2.32. The topological polar surface area (TPSA) is 67.6 Å². The number of nitrogens with two attached hydrogens (primary N) is 1. The molecule has 6 heteroatoms. The van der Waals surface area contributed by atoms with Gasteiger partial charge in [0.2, 0.25) is 5.95 Å². The Kier molecular flexibility index (Phi) is 2.41. The van der Waals surface area contributed by atoms with E-state index >= 15 is 0 Å². The minimum absolute atomic E-state index is 0.0957. The molecule has 3 N–H and O–H groups in total. The van der Waals surface area contributed by atoms with Crippen molar-refractivity contribution in [2.45, 2.75) is 0 Å². The normalized spacial score (nSPS) is 11.0. The van der Waals surface area contributed by atoms with Crippen LogP contribution in [0.1, 0.15) is 0 Å². The van der Waals surface area contributed by atoms with Gasteiger partial charge in [0.25, 0.3) is 0 Å². The molecule has 90 valence electrons. The summed E-state index contributed by atoms with van der Waals surface area (Å²) in [4.78, 5) is 10.9. The SMILES string of the molecule is Nc1ncc(Cl)c(-c2cc(F)cc3cc[nH]c23)n1. The van der Waals surface area contributed by atoms with Crippen LogP contribution in [-0.4, -0.2) is 15.0 Å². The van der Waals surface area contributed by atoms with E-state index in [4.69, 9.17) is 17.3 Å². The second kappa shape index (κ2) is 3.96. The van der Waals surface area contributed by atoms with Crippen molar-refractivity contribution in [2.75, 3.05) is 5.73 Å². The Bertz CT molecular complexity index is 738. The molecule has 0 fully saturated rings. The number of hydrogen-bond acceptors (Lipinski definition) is 3. The number of rotatable bonds is 1. The first-order valence-electron chi connectivity index (χ1n) is 5.20. The minimum Gasteiger partial charge on any atom is -0.368 e. The summed E-state index contributed by atoms with van der Waals surface area (Å²) >= 11 is 6.03. The van der Waals surface area contributed by atoms with Gasteiger partial charge < -0.3 is 10.7 Å². The summed E-state index contributed by atoms with van der Waals surface area (Å²) in [5, 5.41) is 1.07. The third-order valence-corrected chi connectivity index (χ3v) is 2.92. The van der Waals surface area contributed by atoms with Gasteiger partial charge >= 0.3 is 0 Å². The Morgan fingerprint density at radius 3 is 3.00 bits per heavy atom. The fourth-order valence-corrected chi connectivity index (χ4v) is 2.08. The summed E-state index contributed by atoms with van der Waals surface area (Å²) in [6.07, 6.45) is 3.13. The molecule has 0 saturated heterocycles. The first kappa shape index (κ1) is 11.0. The lowest BCUT2D eigenvalue weighted by atomic mass is 10.1. The number of hydrogen-bond donors (Lipinski definition) is 2. The zero-order valence-corrected chi connectivity index (χ0v) is 9.87. The number of nitrogen functional groups attached to an aromatic ring is 1. The molecule has 0 amide bonds. The summed E-state index contributed by atoms with van der Waals surface area (Å²) in [6, 6.07) is 4.58. The summed E-state index contributed by atoms with van der Waals surface area (Å²) in [5.41, 5.74) is 7.28. The van der Waals surface area contributed by atoms with Gasteiger partial charge in [-0.1, -0.05) is 11.6 Å². The largest absolute Gasteiger partial charge is 0.368 e. The molecule has 0 spiro atoms. The second-order valence-corrected chi connectivity index (χ2v) is 4.23. The molecule has 0 unspecified atom stereocenters. The van der Waals surface area contributed by atoms with Crippen molar-refractivity contribution < 1.29 is 4.39 Å². The van der Waals surface area contributed by atoms with E-state index < -0.39 is 0 Å². The number of benzene rings is 1. The van der Waals surface area contributed by atoms with Gasteiger partial charge in [-0.05, 0) is 18.2 Å². The molecular formula is C12H8ClFN4. The van der Waals surface area contributed by atoms with Crippen LogP contribution in [0.15, 0.2) is 30.6 Å². The third kappa shape index (κ3) is 1.69. The monoisotopic (exact) mass is 262 g/mol. The number of H-pyrrole nitrogens is 1. The molecule has 0 radical (unpaired) electrons. The highest BCUT2D eigenvalue weighted by molar-refractivity contribution is 6.33. The van der Waals surface area contributed by atoms with Gasteiger partial charge in [0.1, 0.15) is 5.82 Å². The van der Waals surface area contributed by atoms with Crippen LogP contribution in [0.4, 0.5) is 10.3 Å². The van der Waals surface area contributed by atoms with E-state index in [1.165, 1.54) is 18.3 Å². The fraction of sp³-hybridized carbons (Fsp3) is 0. The highest BCUT2D eigenvalue weighted by Gasteiger charge is 2.13. The quantitative estimate of drug-likeness (QED) is 0.708. The molecule has 3 aromatic rings. The van der Waals surface area contributed by atoms with Gasteiger partial charge in [-0.3, -0.25) is 0 Å². The number of fused-ring (bicyclic) bond motifs is 1. The minimum atomic E-state index is -0.356. The Balaban J connectivity index is 2.37. The number of halogens is 2. The summed E-state index contributed by atoms with van der Waals surface area (Å²) in [6.45, 7) is 0. The predicted molar refractivity (Wildman–Crippen MR) is 68.7 cm³/mol. The Hall–Kier alpha value is -2.14. The molecule has 2 aromatic heterocycles. The zero-order chi connectivity index (χ0) is 12.7. The molecule has 2 heterocycles. The summed E-state index contributed by atoms with van der Waals surface area (Å²) < 4.78 is 13.6. The van der Waals surface area contributed by atoms with Crippen LogP contribution in [-0.2, 0) is 0 Å². The molecular weight excluding hydrogens is 255 g/mol. The van der Waals surface area contributed by atoms with Gasteiger partial charge in [-0.15, -0.1) is 0 Å². The van der Waals surface area contributed by atoms with E-state index in [9.17, 15) is 4.39 Å². The van der Waals surface area contributed by atoms with Crippen LogP contribution in [0.3, 0.4) is 0 Å². The van der Waals surface area contributed by atoms with E-state index in [2.05, 4.69) is 15.0 Å². The van der Waals surface area contributed by atoms with E-state index in [0.717, 1.165) is 10.9 Å². The first-order valence-corrected chi connectivity index (χ1v) is 5.58. The van der Waals surface area contributed by atoms with E-state index in [1.54, 1.807) is 12.3 Å². The lowest BCUT2D eigenvalue weighted by Gasteiger charge is -2.06. The van der Waals surface area contributed by atoms with Crippen LogP contribution in [0.2, 0.25) is 5.02 Å². The summed E-state index contributed by atoms with van der Waals surface area (Å²) in [5.74, 6) is -0.260. The first-order chi connectivity index (χ1) is 8.65. The molecule has 0 atom stereocenters. The number of nitrogens with zero attached hydrogens (tertiary/aromatic N) is 2. The van der Waals surface area contributed by atoms with Gasteiger partial charge in [-0.25, -0.2) is 14.4 Å². The van der Waals surface area contributed by atoms with Crippen molar-refractivity contribution in [3.05, 3.63) is 41.4 Å². The van der Waals surface area contributed by atoms with Gasteiger partial charge in [0.05, 0.1) is 22.4 Å². The predicted octanol–water partition coefficient (Wildman–Crippen LogP) is 3.00. The van der Waals surface area contributed by atoms with Crippen LogP contribution in [0.25, 0.3) is 22.2 Å². The van der Waals surface area contributed by atoms with Crippen molar-refractivity contribution in [3.8, 4) is 11.3 Å². The average molecular weight is 263 g/mol. The molecule has 0 bridgehead atoms. The maximum absolute atomic E-state index is 13.6. The molecule has 1 aromatic carbocycles. The van der Waals surface area contributed by atoms with Gasteiger partial charge in [0, 0.05) is 17.1 Å². The Morgan fingerprint density at radius 2 is 2.17 bits per heavy atom. The van der Waals surface area contributed by atoms with Crippen molar-refractivity contribution in [2.24, 2.45) is 0 Å². The van der Waals surface area contributed by atoms with Crippen molar-refractivity contribution >= 4 is 28.5 Å². The maximum Gasteiger partial charge on any atom is 0.220 e. The molecule has 4 nitrogen and oxygen atoms in total. The standard InChI is InChI=1S/C12H8ClFN4/c13-9-5-17-12(15)18-11(9)8-4-7(14)3-6-1-2-16-10(6)8/h1-5,16H,(H2,15,17,18). The Labute approximate surface area is 107 Å². The maximum atomic E-state index is 13.6.